The second kappa shape index (κ2) is 8.87. The maximum atomic E-state index is 12.6. The predicted octanol–water partition coefficient (Wildman–Crippen LogP) is 1.81. The Morgan fingerprint density at radius 3 is 2.59 bits per heavy atom. The smallest absolute Gasteiger partial charge is 0.243 e. The molecule has 0 atom stereocenters. The van der Waals surface area contributed by atoms with E-state index in [2.05, 4.69) is 22.4 Å². The number of morpholine rings is 1. The van der Waals surface area contributed by atoms with Crippen LogP contribution in [0.1, 0.15) is 28.7 Å². The Balaban J connectivity index is 1.61. The number of ketones is 1. The van der Waals surface area contributed by atoms with Crippen LogP contribution in [0.3, 0.4) is 0 Å². The number of ether oxygens (including phenoxy) is 1. The van der Waals surface area contributed by atoms with Crippen molar-refractivity contribution >= 4 is 32.3 Å². The Labute approximate surface area is 162 Å². The van der Waals surface area contributed by atoms with E-state index >= 15 is 0 Å². The molecule has 146 valence electrons. The second-order valence-corrected chi connectivity index (χ2v) is 9.07. The minimum atomic E-state index is -3.55. The summed E-state index contributed by atoms with van der Waals surface area (Å²) in [5.41, 5.74) is 0.446. The summed E-state index contributed by atoms with van der Waals surface area (Å²) in [6, 6.07) is 6.03. The van der Waals surface area contributed by atoms with Crippen molar-refractivity contribution in [3.8, 4) is 0 Å². The van der Waals surface area contributed by atoms with E-state index in [0.29, 0.717) is 37.0 Å². The predicted molar refractivity (Wildman–Crippen MR) is 103 cm³/mol. The van der Waals surface area contributed by atoms with Gasteiger partial charge in [-0.15, -0.1) is 10.2 Å². The minimum Gasteiger partial charge on any atom is -0.379 e. The first-order valence-electron chi connectivity index (χ1n) is 8.78. The van der Waals surface area contributed by atoms with E-state index in [9.17, 15) is 13.2 Å². The van der Waals surface area contributed by atoms with Gasteiger partial charge in [0.05, 0.1) is 24.7 Å². The Morgan fingerprint density at radius 2 is 1.93 bits per heavy atom. The van der Waals surface area contributed by atoms with Gasteiger partial charge in [-0.05, 0) is 30.7 Å². The average molecular weight is 411 g/mol. The maximum Gasteiger partial charge on any atom is 0.243 e. The lowest BCUT2D eigenvalue weighted by Crippen LogP contribution is -2.40. The molecule has 1 aliphatic heterocycles. The zero-order valence-corrected chi connectivity index (χ0v) is 16.7. The fourth-order valence-corrected chi connectivity index (χ4v) is 4.89. The van der Waals surface area contributed by atoms with E-state index in [0.717, 1.165) is 17.8 Å². The number of Topliss-reactive ketones (excluding diaryl/α,β-unsaturated/α-hetero) is 1. The van der Waals surface area contributed by atoms with Crippen LogP contribution in [0.25, 0.3) is 0 Å². The van der Waals surface area contributed by atoms with Gasteiger partial charge in [-0.25, -0.2) is 8.42 Å². The normalized spacial score (nSPS) is 15.6. The molecule has 0 unspecified atom stereocenters. The number of sulfonamides is 1. The highest BCUT2D eigenvalue weighted by Gasteiger charge is 2.26. The molecular formula is C17H22N4O4S2. The topological polar surface area (TPSA) is 101 Å². The first-order chi connectivity index (χ1) is 13.0. The summed E-state index contributed by atoms with van der Waals surface area (Å²) < 4.78 is 31.8. The highest BCUT2D eigenvalue weighted by Crippen LogP contribution is 2.19. The number of rotatable bonds is 8. The van der Waals surface area contributed by atoms with Crippen molar-refractivity contribution in [3.63, 3.8) is 0 Å². The zero-order valence-electron chi connectivity index (χ0n) is 15.1. The maximum absolute atomic E-state index is 12.6. The third-order valence-electron chi connectivity index (χ3n) is 4.12. The number of carbonyl (C=O) groups is 1. The minimum absolute atomic E-state index is 0.0797. The van der Waals surface area contributed by atoms with Crippen LogP contribution >= 0.6 is 11.3 Å². The first-order valence-corrected chi connectivity index (χ1v) is 11.0. The Bertz CT molecular complexity index is 875. The van der Waals surface area contributed by atoms with Gasteiger partial charge in [0.25, 0.3) is 0 Å². The molecule has 1 aromatic heterocycles. The molecule has 8 nitrogen and oxygen atoms in total. The van der Waals surface area contributed by atoms with Crippen molar-refractivity contribution in [3.05, 3.63) is 34.8 Å². The highest BCUT2D eigenvalue weighted by atomic mass is 32.2. The third kappa shape index (κ3) is 4.89. The molecule has 1 aromatic carbocycles. The molecule has 0 saturated carbocycles. The van der Waals surface area contributed by atoms with E-state index in [1.54, 1.807) is 12.1 Å². The van der Waals surface area contributed by atoms with Crippen molar-refractivity contribution in [2.75, 3.05) is 38.2 Å². The van der Waals surface area contributed by atoms with Crippen molar-refractivity contribution in [2.24, 2.45) is 0 Å². The summed E-state index contributed by atoms with van der Waals surface area (Å²) in [6.45, 7) is 3.63. The van der Waals surface area contributed by atoms with Crippen LogP contribution in [-0.4, -0.2) is 61.6 Å². The molecule has 1 saturated heterocycles. The molecule has 2 aromatic rings. The van der Waals surface area contributed by atoms with E-state index < -0.39 is 10.0 Å². The van der Waals surface area contributed by atoms with Crippen molar-refractivity contribution in [1.29, 1.82) is 0 Å². The lowest BCUT2D eigenvalue weighted by molar-refractivity contribution is 0.0730. The van der Waals surface area contributed by atoms with E-state index in [1.165, 1.54) is 27.8 Å². The molecule has 1 N–H and O–H groups in total. The van der Waals surface area contributed by atoms with Gasteiger partial charge in [-0.1, -0.05) is 18.3 Å². The van der Waals surface area contributed by atoms with Gasteiger partial charge < -0.3 is 10.1 Å². The summed E-state index contributed by atoms with van der Waals surface area (Å²) in [4.78, 5) is 12.5. The van der Waals surface area contributed by atoms with Crippen LogP contribution in [0.4, 0.5) is 5.13 Å². The molecule has 0 aliphatic carbocycles. The van der Waals surface area contributed by atoms with Gasteiger partial charge in [0.2, 0.25) is 15.2 Å². The van der Waals surface area contributed by atoms with Crippen LogP contribution in [0.15, 0.2) is 29.2 Å². The Morgan fingerprint density at radius 1 is 1.22 bits per heavy atom. The number of hydrogen-bond donors (Lipinski definition) is 1. The summed E-state index contributed by atoms with van der Waals surface area (Å²) in [5.74, 6) is -0.141. The van der Waals surface area contributed by atoms with Gasteiger partial charge in [-0.3, -0.25) is 4.79 Å². The Hall–Kier alpha value is -1.88. The molecule has 0 spiro atoms. The standard InChI is InChI=1S/C17H22N4O4S2/c1-2-3-16-19-20-17(26-16)18-12-15(22)13-4-6-14(7-5-13)27(23,24)21-8-10-25-11-9-21/h4-7H,2-3,8-12H2,1H3,(H,18,20). The number of benzene rings is 1. The van der Waals surface area contributed by atoms with Gasteiger partial charge in [0.1, 0.15) is 5.01 Å². The lowest BCUT2D eigenvalue weighted by Gasteiger charge is -2.26. The first kappa shape index (κ1) is 19.9. The van der Waals surface area contributed by atoms with Gasteiger partial charge >= 0.3 is 0 Å². The van der Waals surface area contributed by atoms with Gasteiger partial charge in [0.15, 0.2) is 5.78 Å². The lowest BCUT2D eigenvalue weighted by atomic mass is 10.1. The average Bonchev–Trinajstić information content (AvgIpc) is 3.15. The van der Waals surface area contributed by atoms with E-state index in [-0.39, 0.29) is 17.2 Å². The molecule has 0 radical (unpaired) electrons. The fraction of sp³-hybridized carbons (Fsp3) is 0.471. The molecule has 0 amide bonds. The molecule has 0 bridgehead atoms. The largest absolute Gasteiger partial charge is 0.379 e. The van der Waals surface area contributed by atoms with Crippen LogP contribution in [0.5, 0.6) is 0 Å². The summed E-state index contributed by atoms with van der Waals surface area (Å²) >= 11 is 1.44. The zero-order chi connectivity index (χ0) is 19.3. The summed E-state index contributed by atoms with van der Waals surface area (Å²) in [5, 5.41) is 12.6. The van der Waals surface area contributed by atoms with Crippen LogP contribution < -0.4 is 5.32 Å². The van der Waals surface area contributed by atoms with E-state index in [1.807, 2.05) is 0 Å². The SMILES string of the molecule is CCCc1nnc(NCC(=O)c2ccc(S(=O)(=O)N3CCOCC3)cc2)s1. The van der Waals surface area contributed by atoms with Crippen molar-refractivity contribution < 1.29 is 17.9 Å². The summed E-state index contributed by atoms with van der Waals surface area (Å²) in [7, 11) is -3.55. The molecule has 1 fully saturated rings. The molecule has 3 rings (SSSR count). The number of nitrogens with one attached hydrogen (secondary N) is 1. The number of nitrogens with zero attached hydrogens (tertiary/aromatic N) is 3. The molecule has 27 heavy (non-hydrogen) atoms. The fourth-order valence-electron chi connectivity index (χ4n) is 2.65. The Kier molecular flexibility index (Phi) is 6.53. The van der Waals surface area contributed by atoms with Crippen LogP contribution in [0, 0.1) is 0 Å². The summed E-state index contributed by atoms with van der Waals surface area (Å²) in [6.07, 6.45) is 1.86. The quantitative estimate of drug-likeness (QED) is 0.662. The molecule has 10 heteroatoms. The molecule has 1 aliphatic rings. The number of hydrogen-bond acceptors (Lipinski definition) is 8. The molecular weight excluding hydrogens is 388 g/mol. The second-order valence-electron chi connectivity index (χ2n) is 6.07. The number of carbonyl (C=O) groups excluding carboxylic acids is 1. The monoisotopic (exact) mass is 410 g/mol. The third-order valence-corrected chi connectivity index (χ3v) is 6.97. The number of aromatic nitrogens is 2. The van der Waals surface area contributed by atoms with Crippen LogP contribution in [-0.2, 0) is 21.2 Å². The van der Waals surface area contributed by atoms with Gasteiger partial charge in [-0.2, -0.15) is 4.31 Å². The van der Waals surface area contributed by atoms with Crippen molar-refractivity contribution in [2.45, 2.75) is 24.7 Å². The van der Waals surface area contributed by atoms with Crippen LogP contribution in [0.2, 0.25) is 0 Å². The van der Waals surface area contributed by atoms with E-state index in [4.69, 9.17) is 4.74 Å². The molecule has 2 heterocycles. The van der Waals surface area contributed by atoms with Crippen molar-refractivity contribution in [1.82, 2.24) is 14.5 Å². The highest BCUT2D eigenvalue weighted by molar-refractivity contribution is 7.89. The number of aryl methyl sites for hydroxylation is 1. The van der Waals surface area contributed by atoms with Gasteiger partial charge in [0, 0.05) is 25.1 Å². The number of anilines is 1.